The molecule has 0 N–H and O–H groups in total. The largest absolute Gasteiger partial charge is 0.485 e. The highest BCUT2D eigenvalue weighted by Crippen LogP contribution is 2.38. The normalized spacial score (nSPS) is 12.7. The molecule has 1 rings (SSSR count). The number of halogens is 7. The molecular weight excluding hydrogens is 346 g/mol. The van der Waals surface area contributed by atoms with E-state index in [0.717, 1.165) is 0 Å². The molecule has 8 heteroatoms. The first-order chi connectivity index (χ1) is 8.04. The minimum atomic E-state index is -5.65. The molecule has 0 fully saturated rings. The van der Waals surface area contributed by atoms with Crippen LogP contribution in [0.5, 0.6) is 5.75 Å². The molecule has 0 heterocycles. The summed E-state index contributed by atoms with van der Waals surface area (Å²) in [6.45, 7) is -0.323. The highest BCUT2D eigenvalue weighted by Gasteiger charge is 2.58. The molecule has 0 aliphatic rings. The number of aryl methyl sites for hydroxylation is 1. The highest BCUT2D eigenvalue weighted by molar-refractivity contribution is 9.10. The van der Waals surface area contributed by atoms with E-state index in [1.165, 1.54) is 19.1 Å². The molecule has 0 amide bonds. The van der Waals surface area contributed by atoms with Crippen LogP contribution in [0.25, 0.3) is 0 Å². The summed E-state index contributed by atoms with van der Waals surface area (Å²) >= 11 is 8.80. The van der Waals surface area contributed by atoms with Crippen LogP contribution in [0.15, 0.2) is 16.6 Å². The SMILES string of the molecule is Cc1cc(Br)cc(Cl)c1OCC(F)(F)C(F)(F)F. The Morgan fingerprint density at radius 3 is 2.22 bits per heavy atom. The Balaban J connectivity index is 2.88. The molecule has 0 radical (unpaired) electrons. The van der Waals surface area contributed by atoms with Crippen LogP contribution in [-0.4, -0.2) is 18.7 Å². The van der Waals surface area contributed by atoms with Crippen LogP contribution in [0.1, 0.15) is 5.56 Å². The van der Waals surface area contributed by atoms with Gasteiger partial charge in [0.2, 0.25) is 0 Å². The first-order valence-electron chi connectivity index (χ1n) is 4.57. The van der Waals surface area contributed by atoms with Crippen molar-refractivity contribution in [1.82, 2.24) is 0 Å². The van der Waals surface area contributed by atoms with Gasteiger partial charge in [-0.15, -0.1) is 0 Å². The third kappa shape index (κ3) is 3.47. The molecule has 1 aromatic carbocycles. The molecule has 0 saturated heterocycles. The molecule has 0 aliphatic carbocycles. The second kappa shape index (κ2) is 5.21. The van der Waals surface area contributed by atoms with Crippen LogP contribution < -0.4 is 4.74 Å². The van der Waals surface area contributed by atoms with Crippen molar-refractivity contribution in [1.29, 1.82) is 0 Å². The number of benzene rings is 1. The first-order valence-corrected chi connectivity index (χ1v) is 5.74. The van der Waals surface area contributed by atoms with Crippen LogP contribution in [0.4, 0.5) is 22.0 Å². The molecule has 0 unspecified atom stereocenters. The Kier molecular flexibility index (Phi) is 4.48. The van der Waals surface area contributed by atoms with E-state index < -0.39 is 18.7 Å². The van der Waals surface area contributed by atoms with Crippen molar-refractivity contribution < 1.29 is 26.7 Å². The summed E-state index contributed by atoms with van der Waals surface area (Å²) in [6, 6.07) is 2.84. The van der Waals surface area contributed by atoms with Gasteiger partial charge in [-0.2, -0.15) is 22.0 Å². The van der Waals surface area contributed by atoms with E-state index in [1.54, 1.807) is 0 Å². The fourth-order valence-electron chi connectivity index (χ4n) is 1.12. The molecule has 0 atom stereocenters. The van der Waals surface area contributed by atoms with E-state index in [0.29, 0.717) is 10.0 Å². The van der Waals surface area contributed by atoms with Crippen molar-refractivity contribution in [2.75, 3.05) is 6.61 Å². The molecule has 0 spiro atoms. The van der Waals surface area contributed by atoms with Crippen LogP contribution in [-0.2, 0) is 0 Å². The molecule has 0 saturated carbocycles. The van der Waals surface area contributed by atoms with E-state index in [4.69, 9.17) is 11.6 Å². The quantitative estimate of drug-likeness (QED) is 0.696. The summed E-state index contributed by atoms with van der Waals surface area (Å²) in [6.07, 6.45) is -5.65. The molecule has 102 valence electrons. The lowest BCUT2D eigenvalue weighted by molar-refractivity contribution is -0.290. The average molecular weight is 354 g/mol. The van der Waals surface area contributed by atoms with E-state index in [2.05, 4.69) is 20.7 Å². The number of ether oxygens (including phenoxy) is 1. The smallest absolute Gasteiger partial charge is 0.456 e. The maximum atomic E-state index is 12.7. The third-order valence-electron chi connectivity index (χ3n) is 2.01. The summed E-state index contributed by atoms with van der Waals surface area (Å²) in [7, 11) is 0. The van der Waals surface area contributed by atoms with Crippen molar-refractivity contribution >= 4 is 27.5 Å². The van der Waals surface area contributed by atoms with Crippen LogP contribution in [0, 0.1) is 6.92 Å². The summed E-state index contributed by atoms with van der Waals surface area (Å²) in [5, 5.41) is -0.0418. The van der Waals surface area contributed by atoms with Gasteiger partial charge in [-0.05, 0) is 24.6 Å². The van der Waals surface area contributed by atoms with Gasteiger partial charge in [-0.25, -0.2) is 0 Å². The Hall–Kier alpha value is -0.560. The van der Waals surface area contributed by atoms with Crippen LogP contribution >= 0.6 is 27.5 Å². The maximum absolute atomic E-state index is 12.7. The topological polar surface area (TPSA) is 9.23 Å². The Bertz CT molecular complexity index is 423. The van der Waals surface area contributed by atoms with Gasteiger partial charge in [-0.3, -0.25) is 0 Å². The molecule has 18 heavy (non-hydrogen) atoms. The second-order valence-electron chi connectivity index (χ2n) is 3.52. The van der Waals surface area contributed by atoms with E-state index in [1.807, 2.05) is 0 Å². The lowest BCUT2D eigenvalue weighted by Gasteiger charge is -2.21. The summed E-state index contributed by atoms with van der Waals surface area (Å²) < 4.78 is 66.2. The van der Waals surface area contributed by atoms with Gasteiger partial charge in [-0.1, -0.05) is 27.5 Å². The van der Waals surface area contributed by atoms with Gasteiger partial charge >= 0.3 is 12.1 Å². The van der Waals surface area contributed by atoms with Gasteiger partial charge in [0.15, 0.2) is 6.61 Å². The van der Waals surface area contributed by atoms with Gasteiger partial charge in [0.25, 0.3) is 0 Å². The van der Waals surface area contributed by atoms with Gasteiger partial charge in [0.05, 0.1) is 5.02 Å². The molecule has 1 aromatic rings. The fourth-order valence-corrected chi connectivity index (χ4v) is 2.14. The lowest BCUT2D eigenvalue weighted by atomic mass is 10.2. The van der Waals surface area contributed by atoms with Crippen molar-refractivity contribution in [2.45, 2.75) is 19.0 Å². The zero-order chi connectivity index (χ0) is 14.1. The lowest BCUT2D eigenvalue weighted by Crippen LogP contribution is -2.41. The minimum Gasteiger partial charge on any atom is -0.485 e. The fraction of sp³-hybridized carbons (Fsp3) is 0.400. The number of alkyl halides is 5. The first kappa shape index (κ1) is 15.5. The zero-order valence-corrected chi connectivity index (χ0v) is 11.3. The van der Waals surface area contributed by atoms with Crippen molar-refractivity contribution in [3.05, 3.63) is 27.2 Å². The number of rotatable bonds is 3. The van der Waals surface area contributed by atoms with Crippen molar-refractivity contribution in [2.24, 2.45) is 0 Å². The maximum Gasteiger partial charge on any atom is 0.456 e. The molecular formula is C10H7BrClF5O. The van der Waals surface area contributed by atoms with Gasteiger partial charge in [0.1, 0.15) is 5.75 Å². The predicted molar refractivity (Wildman–Crippen MR) is 60.4 cm³/mol. The average Bonchev–Trinajstić information content (AvgIpc) is 2.13. The monoisotopic (exact) mass is 352 g/mol. The number of hydrogen-bond acceptors (Lipinski definition) is 1. The van der Waals surface area contributed by atoms with Crippen molar-refractivity contribution in [3.63, 3.8) is 0 Å². The third-order valence-corrected chi connectivity index (χ3v) is 2.75. The van der Waals surface area contributed by atoms with Crippen molar-refractivity contribution in [3.8, 4) is 5.75 Å². The number of hydrogen-bond donors (Lipinski definition) is 0. The minimum absolute atomic E-state index is 0.0418. The van der Waals surface area contributed by atoms with Gasteiger partial charge in [0, 0.05) is 4.47 Å². The Labute approximate surface area is 113 Å². The van der Waals surface area contributed by atoms with E-state index in [9.17, 15) is 22.0 Å². The summed E-state index contributed by atoms with van der Waals surface area (Å²) in [5.41, 5.74) is 0.354. The molecule has 0 aromatic heterocycles. The molecule has 1 nitrogen and oxygen atoms in total. The van der Waals surface area contributed by atoms with E-state index in [-0.39, 0.29) is 10.8 Å². The molecule has 0 bridgehead atoms. The Morgan fingerprint density at radius 2 is 1.78 bits per heavy atom. The highest BCUT2D eigenvalue weighted by atomic mass is 79.9. The van der Waals surface area contributed by atoms with E-state index >= 15 is 0 Å². The summed E-state index contributed by atoms with van der Waals surface area (Å²) in [5.74, 6) is -5.11. The van der Waals surface area contributed by atoms with Crippen LogP contribution in [0.3, 0.4) is 0 Å². The zero-order valence-electron chi connectivity index (χ0n) is 8.92. The predicted octanol–water partition coefficient (Wildman–Crippen LogP) is 4.99. The summed E-state index contributed by atoms with van der Waals surface area (Å²) in [4.78, 5) is 0. The Morgan fingerprint density at radius 1 is 1.22 bits per heavy atom. The van der Waals surface area contributed by atoms with Crippen LogP contribution in [0.2, 0.25) is 5.02 Å². The molecule has 0 aliphatic heterocycles. The second-order valence-corrected chi connectivity index (χ2v) is 4.85. The standard InChI is InChI=1S/C10H7BrClF5O/c1-5-2-6(11)3-7(12)8(5)18-4-9(13,14)10(15,16)17/h2-3H,4H2,1H3. The van der Waals surface area contributed by atoms with Gasteiger partial charge < -0.3 is 4.74 Å².